The van der Waals surface area contributed by atoms with Crippen LogP contribution < -0.4 is 4.90 Å². The number of aryl methyl sites for hydroxylation is 1. The highest BCUT2D eigenvalue weighted by atomic mass is 16.6. The zero-order valence-corrected chi connectivity index (χ0v) is 20.0. The average Bonchev–Trinajstić information content (AvgIpc) is 3.17. The van der Waals surface area contributed by atoms with Gasteiger partial charge >= 0.3 is 0 Å². The van der Waals surface area contributed by atoms with Crippen LogP contribution in [0.2, 0.25) is 0 Å². The number of non-ortho nitro benzene ring substituents is 1. The van der Waals surface area contributed by atoms with E-state index in [1.54, 1.807) is 17.0 Å². The van der Waals surface area contributed by atoms with E-state index >= 15 is 0 Å². The SMILES string of the molecule is CCCc1nc(N2CCCN(C(=O)c3cccc([N+](=O)[O-])c3)CC2)c2c(-c3ccccc3)noc2n1. The Morgan fingerprint density at radius 3 is 2.67 bits per heavy atom. The van der Waals surface area contributed by atoms with Crippen molar-refractivity contribution in [2.45, 2.75) is 26.2 Å². The zero-order chi connectivity index (χ0) is 25.1. The highest BCUT2D eigenvalue weighted by Crippen LogP contribution is 2.34. The third kappa shape index (κ3) is 4.61. The summed E-state index contributed by atoms with van der Waals surface area (Å²) in [6.07, 6.45) is 2.34. The fourth-order valence-corrected chi connectivity index (χ4v) is 4.50. The molecule has 10 heteroatoms. The third-order valence-electron chi connectivity index (χ3n) is 6.27. The first-order valence-electron chi connectivity index (χ1n) is 12.1. The Kier molecular flexibility index (Phi) is 6.57. The summed E-state index contributed by atoms with van der Waals surface area (Å²) in [5, 5.41) is 16.2. The number of aromatic nitrogens is 3. The summed E-state index contributed by atoms with van der Waals surface area (Å²) in [6.45, 7) is 4.32. The van der Waals surface area contributed by atoms with Crippen molar-refractivity contribution in [1.29, 1.82) is 0 Å². The lowest BCUT2D eigenvalue weighted by Crippen LogP contribution is -2.35. The van der Waals surface area contributed by atoms with E-state index in [2.05, 4.69) is 22.0 Å². The summed E-state index contributed by atoms with van der Waals surface area (Å²) in [4.78, 5) is 37.2. The van der Waals surface area contributed by atoms with Gasteiger partial charge in [-0.1, -0.05) is 48.5 Å². The highest BCUT2D eigenvalue weighted by molar-refractivity contribution is 5.98. The molecule has 0 unspecified atom stereocenters. The second-order valence-corrected chi connectivity index (χ2v) is 8.73. The van der Waals surface area contributed by atoms with Crippen LogP contribution in [0.4, 0.5) is 11.5 Å². The van der Waals surface area contributed by atoms with Crippen molar-refractivity contribution in [1.82, 2.24) is 20.0 Å². The maximum Gasteiger partial charge on any atom is 0.270 e. The van der Waals surface area contributed by atoms with Crippen LogP contribution in [0, 0.1) is 10.1 Å². The Bertz CT molecular complexity index is 1400. The van der Waals surface area contributed by atoms with Gasteiger partial charge in [-0.15, -0.1) is 0 Å². The highest BCUT2D eigenvalue weighted by Gasteiger charge is 2.26. The Labute approximate surface area is 207 Å². The summed E-state index contributed by atoms with van der Waals surface area (Å²) in [7, 11) is 0. The molecule has 2 aromatic carbocycles. The van der Waals surface area contributed by atoms with Gasteiger partial charge in [-0.2, -0.15) is 4.98 Å². The fourth-order valence-electron chi connectivity index (χ4n) is 4.50. The number of benzene rings is 2. The van der Waals surface area contributed by atoms with E-state index in [9.17, 15) is 14.9 Å². The van der Waals surface area contributed by atoms with Gasteiger partial charge in [-0.05, 0) is 18.9 Å². The van der Waals surface area contributed by atoms with Crippen molar-refractivity contribution >= 4 is 28.5 Å². The standard InChI is InChI=1S/C26H26N6O4/c1-2-8-21-27-24(22-23(29-36-25(22)28-21)18-9-4-3-5-10-18)30-13-7-14-31(16-15-30)26(33)19-11-6-12-20(17-19)32(34)35/h3-6,9-12,17H,2,7-8,13-16H2,1H3. The van der Waals surface area contributed by atoms with Crippen LogP contribution in [-0.2, 0) is 6.42 Å². The van der Waals surface area contributed by atoms with Crippen molar-refractivity contribution < 1.29 is 14.2 Å². The third-order valence-corrected chi connectivity index (χ3v) is 6.27. The van der Waals surface area contributed by atoms with Crippen molar-refractivity contribution in [3.63, 3.8) is 0 Å². The molecule has 1 aliphatic heterocycles. The van der Waals surface area contributed by atoms with Crippen molar-refractivity contribution in [3.8, 4) is 11.3 Å². The molecule has 1 aliphatic rings. The maximum atomic E-state index is 13.2. The Hall–Kier alpha value is -4.34. The Morgan fingerprint density at radius 1 is 1.06 bits per heavy atom. The smallest absolute Gasteiger partial charge is 0.270 e. The molecule has 1 amide bonds. The molecule has 5 rings (SSSR count). The topological polar surface area (TPSA) is 118 Å². The summed E-state index contributed by atoms with van der Waals surface area (Å²) in [6, 6.07) is 15.7. The maximum absolute atomic E-state index is 13.2. The van der Waals surface area contributed by atoms with Crippen LogP contribution in [0.5, 0.6) is 0 Å². The van der Waals surface area contributed by atoms with Crippen LogP contribution in [0.15, 0.2) is 59.1 Å². The summed E-state index contributed by atoms with van der Waals surface area (Å²) >= 11 is 0. The van der Waals surface area contributed by atoms with E-state index in [4.69, 9.17) is 9.51 Å². The number of hydrogen-bond acceptors (Lipinski definition) is 8. The second-order valence-electron chi connectivity index (χ2n) is 8.73. The number of anilines is 1. The molecular weight excluding hydrogens is 460 g/mol. The number of nitro groups is 1. The molecule has 0 atom stereocenters. The average molecular weight is 487 g/mol. The predicted octanol–water partition coefficient (Wildman–Crippen LogP) is 4.50. The number of rotatable bonds is 6. The molecule has 0 N–H and O–H groups in total. The van der Waals surface area contributed by atoms with E-state index in [1.165, 1.54) is 12.1 Å². The number of hydrogen-bond donors (Lipinski definition) is 0. The predicted molar refractivity (Wildman–Crippen MR) is 135 cm³/mol. The lowest BCUT2D eigenvalue weighted by atomic mass is 10.1. The molecule has 36 heavy (non-hydrogen) atoms. The molecule has 1 fully saturated rings. The first kappa shape index (κ1) is 23.4. The number of carbonyl (C=O) groups is 1. The van der Waals surface area contributed by atoms with Crippen LogP contribution in [0.1, 0.15) is 35.9 Å². The van der Waals surface area contributed by atoms with Gasteiger partial charge in [-0.3, -0.25) is 14.9 Å². The van der Waals surface area contributed by atoms with Gasteiger partial charge in [0.15, 0.2) is 0 Å². The van der Waals surface area contributed by atoms with Gasteiger partial charge in [0.25, 0.3) is 17.3 Å². The zero-order valence-electron chi connectivity index (χ0n) is 20.0. The van der Waals surface area contributed by atoms with Gasteiger partial charge in [0.2, 0.25) is 0 Å². The molecule has 0 bridgehead atoms. The minimum atomic E-state index is -0.488. The van der Waals surface area contributed by atoms with Crippen molar-refractivity contribution in [3.05, 3.63) is 76.1 Å². The Morgan fingerprint density at radius 2 is 1.89 bits per heavy atom. The normalized spacial score (nSPS) is 14.1. The molecule has 0 spiro atoms. The van der Waals surface area contributed by atoms with Gasteiger partial charge in [0, 0.05) is 55.9 Å². The van der Waals surface area contributed by atoms with Crippen LogP contribution in [0.25, 0.3) is 22.4 Å². The second kappa shape index (κ2) is 10.1. The van der Waals surface area contributed by atoms with Gasteiger partial charge in [-0.25, -0.2) is 4.98 Å². The van der Waals surface area contributed by atoms with Crippen LogP contribution in [0.3, 0.4) is 0 Å². The molecule has 0 radical (unpaired) electrons. The number of carbonyl (C=O) groups excluding carboxylic acids is 1. The molecule has 3 heterocycles. The molecule has 4 aromatic rings. The molecule has 0 saturated carbocycles. The number of amides is 1. The minimum absolute atomic E-state index is 0.0926. The Balaban J connectivity index is 1.46. The van der Waals surface area contributed by atoms with E-state index in [1.807, 2.05) is 30.3 Å². The van der Waals surface area contributed by atoms with E-state index in [0.29, 0.717) is 49.0 Å². The van der Waals surface area contributed by atoms with Gasteiger partial charge in [0.1, 0.15) is 22.7 Å². The largest absolute Gasteiger partial charge is 0.354 e. The van der Waals surface area contributed by atoms with Crippen molar-refractivity contribution in [2.75, 3.05) is 31.1 Å². The van der Waals surface area contributed by atoms with Crippen LogP contribution >= 0.6 is 0 Å². The molecule has 184 valence electrons. The molecule has 10 nitrogen and oxygen atoms in total. The summed E-state index contributed by atoms with van der Waals surface area (Å²) < 4.78 is 5.65. The monoisotopic (exact) mass is 486 g/mol. The number of nitrogens with zero attached hydrogens (tertiary/aromatic N) is 6. The van der Waals surface area contributed by atoms with E-state index < -0.39 is 4.92 Å². The first-order chi connectivity index (χ1) is 17.5. The van der Waals surface area contributed by atoms with Crippen LogP contribution in [-0.4, -0.2) is 57.0 Å². The summed E-state index contributed by atoms with van der Waals surface area (Å²) in [5.41, 5.74) is 2.29. The fraction of sp³-hybridized carbons (Fsp3) is 0.308. The van der Waals surface area contributed by atoms with Gasteiger partial charge in [0.05, 0.1) is 4.92 Å². The number of fused-ring (bicyclic) bond motifs is 1. The van der Waals surface area contributed by atoms with Crippen molar-refractivity contribution in [2.24, 2.45) is 0 Å². The molecular formula is C26H26N6O4. The van der Waals surface area contributed by atoms with E-state index in [0.717, 1.165) is 36.0 Å². The summed E-state index contributed by atoms with van der Waals surface area (Å²) in [5.74, 6) is 1.24. The quantitative estimate of drug-likeness (QED) is 0.289. The first-order valence-corrected chi connectivity index (χ1v) is 12.1. The lowest BCUT2D eigenvalue weighted by Gasteiger charge is -2.24. The molecule has 2 aromatic heterocycles. The van der Waals surface area contributed by atoms with Gasteiger partial charge < -0.3 is 14.3 Å². The molecule has 0 aliphatic carbocycles. The molecule has 1 saturated heterocycles. The number of nitro benzene ring substituents is 1. The lowest BCUT2D eigenvalue weighted by molar-refractivity contribution is -0.384. The van der Waals surface area contributed by atoms with E-state index in [-0.39, 0.29) is 11.6 Å². The minimum Gasteiger partial charge on any atom is -0.354 e.